The Hall–Kier alpha value is -1.85. The molecule has 3 heterocycles. The van der Waals surface area contributed by atoms with Crippen LogP contribution in [0.5, 0.6) is 0 Å². The first-order valence-electron chi connectivity index (χ1n) is 7.38. The quantitative estimate of drug-likeness (QED) is 0.905. The number of nitriles is 1. The zero-order chi connectivity index (χ0) is 16.5. The molecule has 124 valence electrons. The Morgan fingerprint density at radius 3 is 2.83 bits per heavy atom. The second-order valence-electron chi connectivity index (χ2n) is 5.87. The minimum Gasteiger partial charge on any atom is -0.378 e. The van der Waals surface area contributed by atoms with Crippen LogP contribution in [-0.4, -0.2) is 36.4 Å². The molecular weight excluding hydrogens is 311 g/mol. The summed E-state index contributed by atoms with van der Waals surface area (Å²) in [6, 6.07) is 3.74. The van der Waals surface area contributed by atoms with Gasteiger partial charge < -0.3 is 14.8 Å². The smallest absolute Gasteiger partial charge is 0.378 e. The van der Waals surface area contributed by atoms with Gasteiger partial charge in [-0.3, -0.25) is 0 Å². The number of nitrogens with zero attached hydrogens (tertiary/aromatic N) is 2. The predicted molar refractivity (Wildman–Crippen MR) is 74.7 cm³/mol. The van der Waals surface area contributed by atoms with Crippen LogP contribution in [0.25, 0.3) is 0 Å². The average molecular weight is 327 g/mol. The lowest BCUT2D eigenvalue weighted by Gasteiger charge is -2.37. The fourth-order valence-electron chi connectivity index (χ4n) is 3.02. The van der Waals surface area contributed by atoms with Crippen molar-refractivity contribution in [3.05, 3.63) is 23.4 Å². The van der Waals surface area contributed by atoms with Crippen LogP contribution in [0.1, 0.15) is 30.5 Å². The van der Waals surface area contributed by atoms with E-state index in [1.807, 2.05) is 6.07 Å². The van der Waals surface area contributed by atoms with Gasteiger partial charge in [0.1, 0.15) is 17.6 Å². The van der Waals surface area contributed by atoms with E-state index in [1.165, 1.54) is 0 Å². The van der Waals surface area contributed by atoms with E-state index in [0.717, 1.165) is 18.6 Å². The summed E-state index contributed by atoms with van der Waals surface area (Å²) in [5.41, 5.74) is -1.28. The Labute approximate surface area is 131 Å². The average Bonchev–Trinajstić information content (AvgIpc) is 2.94. The molecule has 2 aliphatic heterocycles. The van der Waals surface area contributed by atoms with E-state index in [4.69, 9.17) is 14.7 Å². The third-order valence-electron chi connectivity index (χ3n) is 4.21. The molecule has 0 bridgehead atoms. The molecule has 0 amide bonds. The summed E-state index contributed by atoms with van der Waals surface area (Å²) in [7, 11) is 0. The Kier molecular flexibility index (Phi) is 4.17. The van der Waals surface area contributed by atoms with Crippen molar-refractivity contribution < 1.29 is 22.6 Å². The molecule has 2 unspecified atom stereocenters. The second kappa shape index (κ2) is 5.98. The van der Waals surface area contributed by atoms with Crippen molar-refractivity contribution in [2.75, 3.05) is 25.1 Å². The van der Waals surface area contributed by atoms with E-state index >= 15 is 0 Å². The first-order chi connectivity index (χ1) is 10.9. The lowest BCUT2D eigenvalue weighted by molar-refractivity contribution is -0.141. The third kappa shape index (κ3) is 3.41. The molecule has 23 heavy (non-hydrogen) atoms. The molecule has 0 saturated carbocycles. The summed E-state index contributed by atoms with van der Waals surface area (Å²) >= 11 is 0. The van der Waals surface area contributed by atoms with Gasteiger partial charge >= 0.3 is 6.18 Å². The molecule has 2 aliphatic rings. The van der Waals surface area contributed by atoms with Gasteiger partial charge in [-0.25, -0.2) is 4.98 Å². The van der Waals surface area contributed by atoms with Gasteiger partial charge in [0, 0.05) is 25.7 Å². The molecule has 1 aromatic rings. The molecule has 1 spiro atoms. The van der Waals surface area contributed by atoms with Gasteiger partial charge in [0.15, 0.2) is 0 Å². The maximum absolute atomic E-state index is 12.8. The van der Waals surface area contributed by atoms with Gasteiger partial charge in [-0.1, -0.05) is 0 Å². The van der Waals surface area contributed by atoms with Gasteiger partial charge in [-0.05, 0) is 25.0 Å². The molecule has 0 radical (unpaired) electrons. The van der Waals surface area contributed by atoms with Crippen molar-refractivity contribution in [3.8, 4) is 6.07 Å². The monoisotopic (exact) mass is 327 g/mol. The van der Waals surface area contributed by atoms with Crippen LogP contribution in [-0.2, 0) is 15.7 Å². The zero-order valence-electron chi connectivity index (χ0n) is 12.3. The number of hydrogen-bond acceptors (Lipinski definition) is 5. The van der Waals surface area contributed by atoms with Crippen LogP contribution in [0, 0.1) is 11.3 Å². The minimum absolute atomic E-state index is 0.0247. The maximum atomic E-state index is 12.8. The van der Waals surface area contributed by atoms with Crippen LogP contribution < -0.4 is 5.32 Å². The summed E-state index contributed by atoms with van der Waals surface area (Å²) in [6.45, 7) is 1.62. The van der Waals surface area contributed by atoms with Crippen LogP contribution in [0.2, 0.25) is 0 Å². The maximum Gasteiger partial charge on any atom is 0.433 e. The summed E-state index contributed by atoms with van der Waals surface area (Å²) in [4.78, 5) is 3.59. The van der Waals surface area contributed by atoms with E-state index in [2.05, 4.69) is 10.3 Å². The second-order valence-corrected chi connectivity index (χ2v) is 5.87. The largest absolute Gasteiger partial charge is 0.433 e. The Balaban J connectivity index is 1.80. The van der Waals surface area contributed by atoms with Gasteiger partial charge in [-0.15, -0.1) is 0 Å². The zero-order valence-corrected chi connectivity index (χ0v) is 12.3. The lowest BCUT2D eigenvalue weighted by atomic mass is 9.89. The predicted octanol–water partition coefficient (Wildman–Crippen LogP) is 2.72. The molecule has 3 rings (SSSR count). The molecule has 1 N–H and O–H groups in total. The third-order valence-corrected chi connectivity index (χ3v) is 4.21. The number of aromatic nitrogens is 1. The fourth-order valence-corrected chi connectivity index (χ4v) is 3.02. The van der Waals surface area contributed by atoms with Crippen LogP contribution in [0.4, 0.5) is 19.0 Å². The van der Waals surface area contributed by atoms with E-state index in [9.17, 15) is 13.2 Å². The number of anilines is 1. The number of ether oxygens (including phenoxy) is 2. The van der Waals surface area contributed by atoms with E-state index in [-0.39, 0.29) is 23.0 Å². The summed E-state index contributed by atoms with van der Waals surface area (Å²) in [6.07, 6.45) is -2.51. The molecule has 2 fully saturated rings. The molecule has 8 heteroatoms. The van der Waals surface area contributed by atoms with Crippen molar-refractivity contribution in [2.45, 2.75) is 37.1 Å². The number of hydrogen-bond donors (Lipinski definition) is 1. The van der Waals surface area contributed by atoms with E-state index < -0.39 is 11.9 Å². The highest BCUT2D eigenvalue weighted by molar-refractivity contribution is 5.53. The van der Waals surface area contributed by atoms with Crippen molar-refractivity contribution in [3.63, 3.8) is 0 Å². The summed E-state index contributed by atoms with van der Waals surface area (Å²) in [5, 5.41) is 12.1. The minimum atomic E-state index is -4.54. The highest BCUT2D eigenvalue weighted by Crippen LogP contribution is 2.35. The molecule has 5 nitrogen and oxygen atoms in total. The molecule has 2 saturated heterocycles. The topological polar surface area (TPSA) is 67.2 Å². The van der Waals surface area contributed by atoms with Gasteiger partial charge in [0.05, 0.1) is 17.8 Å². The highest BCUT2D eigenvalue weighted by atomic mass is 19.4. The number of alkyl halides is 3. The van der Waals surface area contributed by atoms with E-state index in [1.54, 1.807) is 0 Å². The van der Waals surface area contributed by atoms with Crippen molar-refractivity contribution in [1.82, 2.24) is 4.98 Å². The SMILES string of the molecule is N#Cc1ccc(C(F)(F)F)nc1NC1CCOC2(CCOC2)C1. The lowest BCUT2D eigenvalue weighted by Crippen LogP contribution is -2.45. The first-order valence-corrected chi connectivity index (χ1v) is 7.38. The molecule has 0 aliphatic carbocycles. The first kappa shape index (κ1) is 16.0. The van der Waals surface area contributed by atoms with E-state index in [0.29, 0.717) is 32.7 Å². The molecule has 0 aromatic carbocycles. The Bertz CT molecular complexity index is 621. The summed E-state index contributed by atoms with van der Waals surface area (Å²) < 4.78 is 49.6. The van der Waals surface area contributed by atoms with Crippen molar-refractivity contribution in [2.24, 2.45) is 0 Å². The van der Waals surface area contributed by atoms with Gasteiger partial charge in [-0.2, -0.15) is 18.4 Å². The standard InChI is InChI=1S/C15H16F3N3O2/c16-15(17,18)12-2-1-10(8-19)13(21-12)20-11-3-5-23-14(7-11)4-6-22-9-14/h1-2,11H,3-7,9H2,(H,20,21). The molecular formula is C15H16F3N3O2. The molecule has 2 atom stereocenters. The van der Waals surface area contributed by atoms with Crippen molar-refractivity contribution >= 4 is 5.82 Å². The van der Waals surface area contributed by atoms with Gasteiger partial charge in [0.2, 0.25) is 0 Å². The van der Waals surface area contributed by atoms with Crippen LogP contribution >= 0.6 is 0 Å². The van der Waals surface area contributed by atoms with Crippen molar-refractivity contribution in [1.29, 1.82) is 5.26 Å². The normalized spacial score (nSPS) is 27.8. The summed E-state index contributed by atoms with van der Waals surface area (Å²) in [5.74, 6) is -0.0247. The number of pyridine rings is 1. The number of rotatable bonds is 2. The number of nitrogens with one attached hydrogen (secondary N) is 1. The van der Waals surface area contributed by atoms with Crippen LogP contribution in [0.3, 0.4) is 0 Å². The Morgan fingerprint density at radius 1 is 1.35 bits per heavy atom. The van der Waals surface area contributed by atoms with Crippen LogP contribution in [0.15, 0.2) is 12.1 Å². The number of halogens is 3. The van der Waals surface area contributed by atoms with Gasteiger partial charge in [0.25, 0.3) is 0 Å². The highest BCUT2D eigenvalue weighted by Gasteiger charge is 2.41. The fraction of sp³-hybridized carbons (Fsp3) is 0.600. The Morgan fingerprint density at radius 2 is 2.17 bits per heavy atom. The molecule has 1 aromatic heterocycles.